The van der Waals surface area contributed by atoms with Crippen LogP contribution in [0.2, 0.25) is 10.0 Å². The normalized spacial score (nSPS) is 16.2. The molecule has 2 aromatic rings. The van der Waals surface area contributed by atoms with Crippen molar-refractivity contribution >= 4 is 35.0 Å². The van der Waals surface area contributed by atoms with Crippen LogP contribution in [-0.2, 0) is 10.4 Å². The third kappa shape index (κ3) is 6.93. The van der Waals surface area contributed by atoms with Crippen LogP contribution in [0.15, 0.2) is 42.5 Å². The summed E-state index contributed by atoms with van der Waals surface area (Å²) in [5.41, 5.74) is -3.84. The van der Waals surface area contributed by atoms with Gasteiger partial charge in [-0.3, -0.25) is 9.59 Å². The summed E-state index contributed by atoms with van der Waals surface area (Å²) in [6.07, 6.45) is -1.64. The first-order valence-electron chi connectivity index (χ1n) is 12.3. The first-order chi connectivity index (χ1) is 17.8. The van der Waals surface area contributed by atoms with Crippen molar-refractivity contribution in [2.45, 2.75) is 43.9 Å². The zero-order chi connectivity index (χ0) is 28.1. The van der Waals surface area contributed by atoms with Gasteiger partial charge in [0, 0.05) is 37.8 Å². The van der Waals surface area contributed by atoms with E-state index in [1.54, 1.807) is 32.3 Å². The minimum Gasteiger partial charge on any atom is -0.494 e. The van der Waals surface area contributed by atoms with Gasteiger partial charge in [0.25, 0.3) is 17.4 Å². The number of piperidine rings is 1. The molecule has 1 N–H and O–H groups in total. The Labute approximate surface area is 230 Å². The Bertz CT molecular complexity index is 1140. The van der Waals surface area contributed by atoms with E-state index in [2.05, 4.69) is 0 Å². The molecule has 1 aliphatic heterocycles. The molecule has 0 spiro atoms. The Hall–Kier alpha value is -2.49. The number of amides is 2. The van der Waals surface area contributed by atoms with Crippen LogP contribution in [0.4, 0.5) is 13.2 Å². The molecule has 1 aliphatic rings. The molecule has 0 radical (unpaired) electrons. The molecule has 208 valence electrons. The number of aliphatic hydroxyl groups is 1. The molecule has 1 atom stereocenters. The summed E-state index contributed by atoms with van der Waals surface area (Å²) in [7, 11) is 3.29. The molecule has 3 rings (SSSR count). The van der Waals surface area contributed by atoms with Crippen LogP contribution in [0.5, 0.6) is 5.75 Å². The first kappa shape index (κ1) is 30.1. The molecule has 0 aliphatic carbocycles. The zero-order valence-electron chi connectivity index (χ0n) is 21.2. The van der Waals surface area contributed by atoms with Gasteiger partial charge in [-0.2, -0.15) is 13.2 Å². The van der Waals surface area contributed by atoms with E-state index in [1.165, 1.54) is 17.0 Å². The molecule has 0 bridgehead atoms. The summed E-state index contributed by atoms with van der Waals surface area (Å²) in [4.78, 5) is 27.5. The monoisotopic (exact) mass is 574 g/mol. The van der Waals surface area contributed by atoms with Crippen molar-refractivity contribution in [3.8, 4) is 5.75 Å². The smallest absolute Gasteiger partial charge is 0.430 e. The molecule has 1 saturated heterocycles. The van der Waals surface area contributed by atoms with E-state index in [9.17, 15) is 27.9 Å². The summed E-state index contributed by atoms with van der Waals surface area (Å²) in [5.74, 6) is -0.748. The van der Waals surface area contributed by atoms with Crippen LogP contribution in [0.3, 0.4) is 0 Å². The van der Waals surface area contributed by atoms with E-state index in [0.717, 1.165) is 36.3 Å². The minimum absolute atomic E-state index is 0.000188. The molecule has 0 aromatic heterocycles. The van der Waals surface area contributed by atoms with Gasteiger partial charge >= 0.3 is 6.18 Å². The molecule has 1 fully saturated rings. The zero-order valence-corrected chi connectivity index (χ0v) is 22.7. The first-order valence-corrected chi connectivity index (χ1v) is 13.1. The molecule has 0 saturated carbocycles. The molecule has 1 heterocycles. The van der Waals surface area contributed by atoms with Crippen molar-refractivity contribution in [3.05, 3.63) is 63.6 Å². The van der Waals surface area contributed by atoms with Gasteiger partial charge < -0.3 is 19.6 Å². The van der Waals surface area contributed by atoms with Gasteiger partial charge in [0.05, 0.1) is 17.2 Å². The number of unbranched alkanes of at least 4 members (excludes halogenated alkanes) is 1. The van der Waals surface area contributed by atoms with E-state index < -0.39 is 23.2 Å². The summed E-state index contributed by atoms with van der Waals surface area (Å²) in [6.45, 7) is 0.720. The van der Waals surface area contributed by atoms with E-state index in [4.69, 9.17) is 27.9 Å². The summed E-state index contributed by atoms with van der Waals surface area (Å²) >= 11 is 12.0. The van der Waals surface area contributed by atoms with Crippen LogP contribution in [-0.4, -0.2) is 66.7 Å². The number of hydrogen-bond acceptors (Lipinski definition) is 4. The van der Waals surface area contributed by atoms with Gasteiger partial charge in [0.1, 0.15) is 5.75 Å². The number of benzene rings is 2. The molecular weight excluding hydrogens is 544 g/mol. The second-order valence-electron chi connectivity index (χ2n) is 9.64. The maximum absolute atomic E-state index is 13.9. The van der Waals surface area contributed by atoms with Gasteiger partial charge in [-0.25, -0.2) is 0 Å². The lowest BCUT2D eigenvalue weighted by Crippen LogP contribution is -2.57. The van der Waals surface area contributed by atoms with E-state index in [-0.39, 0.29) is 29.9 Å². The highest BCUT2D eigenvalue weighted by molar-refractivity contribution is 6.34. The molecule has 6 nitrogen and oxygen atoms in total. The fraction of sp³-hybridized carbons (Fsp3) is 0.481. The van der Waals surface area contributed by atoms with Gasteiger partial charge in [0.15, 0.2) is 0 Å². The number of hydrogen-bond donors (Lipinski definition) is 1. The van der Waals surface area contributed by atoms with Crippen LogP contribution in [0.25, 0.3) is 0 Å². The Morgan fingerprint density at radius 3 is 2.34 bits per heavy atom. The Balaban J connectivity index is 1.46. The van der Waals surface area contributed by atoms with Gasteiger partial charge in [-0.1, -0.05) is 41.8 Å². The Kier molecular flexibility index (Phi) is 9.95. The van der Waals surface area contributed by atoms with Gasteiger partial charge in [-0.15, -0.1) is 0 Å². The van der Waals surface area contributed by atoms with Gasteiger partial charge in [-0.05, 0) is 61.9 Å². The topological polar surface area (TPSA) is 70.1 Å². The van der Waals surface area contributed by atoms with E-state index >= 15 is 0 Å². The molecule has 38 heavy (non-hydrogen) atoms. The van der Waals surface area contributed by atoms with E-state index in [1.807, 2.05) is 0 Å². The highest BCUT2D eigenvalue weighted by Gasteiger charge is 2.62. The quantitative estimate of drug-likeness (QED) is 0.377. The highest BCUT2D eigenvalue weighted by Crippen LogP contribution is 2.42. The SMILES string of the molecule is CN(C)C(=O)c1ccc(OCCCCC2CCN(C(=O)[C@@](O)(c3cccc(Cl)c3)C(F)(F)F)CC2)cc1Cl. The molecule has 2 amide bonds. The average molecular weight is 575 g/mol. The third-order valence-electron chi connectivity index (χ3n) is 6.72. The average Bonchev–Trinajstić information content (AvgIpc) is 2.87. The molecular formula is C27H31Cl2F3N2O4. The number of halogens is 5. The van der Waals surface area contributed by atoms with Crippen molar-refractivity contribution in [2.75, 3.05) is 33.8 Å². The number of carbonyl (C=O) groups is 2. The Morgan fingerprint density at radius 1 is 1.08 bits per heavy atom. The number of alkyl halides is 3. The van der Waals surface area contributed by atoms with Crippen LogP contribution < -0.4 is 4.74 Å². The molecule has 11 heteroatoms. The predicted octanol–water partition coefficient (Wildman–Crippen LogP) is 5.93. The number of likely N-dealkylation sites (tertiary alicyclic amines) is 1. The third-order valence-corrected chi connectivity index (χ3v) is 7.26. The highest BCUT2D eigenvalue weighted by atomic mass is 35.5. The fourth-order valence-electron chi connectivity index (χ4n) is 4.50. The van der Waals surface area contributed by atoms with Crippen molar-refractivity contribution < 1.29 is 32.6 Å². The lowest BCUT2D eigenvalue weighted by Gasteiger charge is -2.38. The number of carbonyl (C=O) groups excluding carboxylic acids is 2. The van der Waals surface area contributed by atoms with Crippen LogP contribution in [0.1, 0.15) is 48.0 Å². The number of nitrogens with zero attached hydrogens (tertiary/aromatic N) is 2. The standard InChI is InChI=1S/C27H31Cl2F3N2O4/c1-33(2)24(35)22-10-9-21(17-23(22)29)38-15-4-3-6-18-11-13-34(14-12-18)25(36)26(37,27(30,31)32)19-7-5-8-20(28)16-19/h5,7-10,16-18,37H,3-4,6,11-15H2,1-2H3/t26-/m0/s1. The lowest BCUT2D eigenvalue weighted by atomic mass is 9.88. The largest absolute Gasteiger partial charge is 0.494 e. The van der Waals surface area contributed by atoms with Crippen LogP contribution in [0, 0.1) is 5.92 Å². The van der Waals surface area contributed by atoms with E-state index in [0.29, 0.717) is 35.8 Å². The second kappa shape index (κ2) is 12.6. The number of ether oxygens (including phenoxy) is 1. The minimum atomic E-state index is -5.20. The second-order valence-corrected chi connectivity index (χ2v) is 10.5. The number of rotatable bonds is 9. The van der Waals surface area contributed by atoms with Crippen LogP contribution >= 0.6 is 23.2 Å². The summed E-state index contributed by atoms with van der Waals surface area (Å²) < 4.78 is 47.4. The maximum Gasteiger partial charge on any atom is 0.430 e. The van der Waals surface area contributed by atoms with Gasteiger partial charge in [0.2, 0.25) is 0 Å². The lowest BCUT2D eigenvalue weighted by molar-refractivity contribution is -0.262. The Morgan fingerprint density at radius 2 is 1.76 bits per heavy atom. The maximum atomic E-state index is 13.9. The van der Waals surface area contributed by atoms with Crippen molar-refractivity contribution in [3.63, 3.8) is 0 Å². The summed E-state index contributed by atoms with van der Waals surface area (Å²) in [6, 6.07) is 9.60. The molecule has 0 unspecified atom stereocenters. The fourth-order valence-corrected chi connectivity index (χ4v) is 4.94. The van der Waals surface area contributed by atoms with Crippen molar-refractivity contribution in [1.82, 2.24) is 9.80 Å². The predicted molar refractivity (Wildman–Crippen MR) is 140 cm³/mol. The van der Waals surface area contributed by atoms with Crippen molar-refractivity contribution in [1.29, 1.82) is 0 Å². The summed E-state index contributed by atoms with van der Waals surface area (Å²) in [5, 5.41) is 10.9. The molecule has 2 aromatic carbocycles. The van der Waals surface area contributed by atoms with Crippen molar-refractivity contribution in [2.24, 2.45) is 5.92 Å².